The highest BCUT2D eigenvalue weighted by atomic mass is 16.5. The zero-order valence-corrected chi connectivity index (χ0v) is 13.2. The van der Waals surface area contributed by atoms with E-state index >= 15 is 0 Å². The van der Waals surface area contributed by atoms with Crippen LogP contribution >= 0.6 is 0 Å². The van der Waals surface area contributed by atoms with Gasteiger partial charge in [-0.15, -0.1) is 0 Å². The molecule has 1 aliphatic heterocycles. The van der Waals surface area contributed by atoms with Gasteiger partial charge < -0.3 is 20.5 Å². The van der Waals surface area contributed by atoms with Crippen molar-refractivity contribution in [3.8, 4) is 5.75 Å². The highest BCUT2D eigenvalue weighted by Gasteiger charge is 2.51. The Bertz CT molecular complexity index is 569. The van der Waals surface area contributed by atoms with Crippen molar-refractivity contribution in [2.24, 2.45) is 5.92 Å². The van der Waals surface area contributed by atoms with Gasteiger partial charge in [0.25, 0.3) is 0 Å². The quantitative estimate of drug-likeness (QED) is 0.750. The van der Waals surface area contributed by atoms with Crippen molar-refractivity contribution in [2.45, 2.75) is 31.3 Å². The lowest BCUT2D eigenvalue weighted by Crippen LogP contribution is -2.40. The highest BCUT2D eigenvalue weighted by Crippen LogP contribution is 2.49. The molecule has 1 aromatic rings. The number of ether oxygens (including phenoxy) is 1. The third kappa shape index (κ3) is 2.71. The maximum absolute atomic E-state index is 12.6. The lowest BCUT2D eigenvalue weighted by molar-refractivity contribution is -0.123. The van der Waals surface area contributed by atoms with Gasteiger partial charge in [0, 0.05) is 25.6 Å². The topological polar surface area (TPSA) is 70.6 Å². The fourth-order valence-corrected chi connectivity index (χ4v) is 3.21. The molecule has 1 heterocycles. The maximum Gasteiger partial charge on any atom is 0.230 e. The molecule has 120 valence electrons. The largest absolute Gasteiger partial charge is 0.496 e. The Hall–Kier alpha value is -1.59. The monoisotopic (exact) mass is 304 g/mol. The van der Waals surface area contributed by atoms with Crippen LogP contribution in [0.25, 0.3) is 0 Å². The summed E-state index contributed by atoms with van der Waals surface area (Å²) in [4.78, 5) is 12.6. The molecule has 2 aliphatic rings. The minimum absolute atomic E-state index is 0.0671. The molecule has 5 nitrogen and oxygen atoms in total. The van der Waals surface area contributed by atoms with Crippen LogP contribution in [0.4, 0.5) is 0 Å². The molecule has 1 aliphatic carbocycles. The summed E-state index contributed by atoms with van der Waals surface area (Å²) < 4.78 is 5.37. The van der Waals surface area contributed by atoms with E-state index in [0.717, 1.165) is 36.3 Å². The van der Waals surface area contributed by atoms with E-state index < -0.39 is 5.41 Å². The highest BCUT2D eigenvalue weighted by molar-refractivity contribution is 5.91. The van der Waals surface area contributed by atoms with Gasteiger partial charge in [0.15, 0.2) is 0 Å². The number of hydrogen-bond acceptors (Lipinski definition) is 4. The first-order valence-corrected chi connectivity index (χ1v) is 7.89. The molecule has 1 aromatic carbocycles. The van der Waals surface area contributed by atoms with E-state index in [1.165, 1.54) is 0 Å². The minimum Gasteiger partial charge on any atom is -0.496 e. The number of aryl methyl sites for hydroxylation is 1. The first-order valence-electron chi connectivity index (χ1n) is 7.89. The van der Waals surface area contributed by atoms with Crippen LogP contribution < -0.4 is 15.4 Å². The Kier molecular flexibility index (Phi) is 4.10. The van der Waals surface area contributed by atoms with Crippen molar-refractivity contribution >= 4 is 5.91 Å². The molecule has 3 N–H and O–H groups in total. The average Bonchev–Trinajstić information content (AvgIpc) is 3.23. The number of β-amino-alcohol motifs (C(OH)–C–C–N with tert-alkyl or cyclic N) is 1. The molecule has 1 amide bonds. The van der Waals surface area contributed by atoms with Gasteiger partial charge in [0.05, 0.1) is 18.6 Å². The van der Waals surface area contributed by atoms with Crippen LogP contribution in [0.15, 0.2) is 18.2 Å². The molecule has 1 saturated carbocycles. The number of carbonyl (C=O) groups is 1. The predicted octanol–water partition coefficient (Wildman–Crippen LogP) is 0.732. The second-order valence-electron chi connectivity index (χ2n) is 6.46. The maximum atomic E-state index is 12.6. The lowest BCUT2D eigenvalue weighted by Gasteiger charge is -2.20. The van der Waals surface area contributed by atoms with Crippen molar-refractivity contribution in [2.75, 3.05) is 26.7 Å². The van der Waals surface area contributed by atoms with Crippen LogP contribution in [0, 0.1) is 12.8 Å². The first-order chi connectivity index (χ1) is 10.6. The van der Waals surface area contributed by atoms with Gasteiger partial charge in [-0.2, -0.15) is 0 Å². The third-order valence-electron chi connectivity index (χ3n) is 4.97. The Morgan fingerprint density at radius 1 is 1.45 bits per heavy atom. The van der Waals surface area contributed by atoms with Gasteiger partial charge in [0.1, 0.15) is 5.75 Å². The van der Waals surface area contributed by atoms with Crippen LogP contribution in [-0.4, -0.2) is 43.9 Å². The van der Waals surface area contributed by atoms with Gasteiger partial charge in [-0.1, -0.05) is 12.1 Å². The molecule has 2 fully saturated rings. The van der Waals surface area contributed by atoms with Gasteiger partial charge in [-0.25, -0.2) is 0 Å². The average molecular weight is 304 g/mol. The number of rotatable bonds is 5. The van der Waals surface area contributed by atoms with E-state index in [9.17, 15) is 9.90 Å². The van der Waals surface area contributed by atoms with E-state index in [-0.39, 0.29) is 17.9 Å². The summed E-state index contributed by atoms with van der Waals surface area (Å²) in [5, 5.41) is 16.0. The molecule has 2 unspecified atom stereocenters. The molecule has 0 bridgehead atoms. The second kappa shape index (κ2) is 5.89. The van der Waals surface area contributed by atoms with Crippen LogP contribution in [0.5, 0.6) is 5.75 Å². The van der Waals surface area contributed by atoms with Gasteiger partial charge in [-0.05, 0) is 37.0 Å². The molecule has 2 atom stereocenters. The lowest BCUT2D eigenvalue weighted by atomic mass is 9.93. The molecule has 3 rings (SSSR count). The Labute approximate surface area is 131 Å². The molecule has 0 aromatic heterocycles. The van der Waals surface area contributed by atoms with Gasteiger partial charge >= 0.3 is 0 Å². The normalized spacial score (nSPS) is 25.8. The zero-order valence-electron chi connectivity index (χ0n) is 13.2. The molecule has 22 heavy (non-hydrogen) atoms. The van der Waals surface area contributed by atoms with Crippen molar-refractivity contribution < 1.29 is 14.6 Å². The fraction of sp³-hybridized carbons (Fsp3) is 0.588. The van der Waals surface area contributed by atoms with E-state index in [1.807, 2.05) is 25.1 Å². The van der Waals surface area contributed by atoms with E-state index in [1.54, 1.807) is 7.11 Å². The number of amides is 1. The van der Waals surface area contributed by atoms with Gasteiger partial charge in [0.2, 0.25) is 5.91 Å². The zero-order chi connectivity index (χ0) is 15.7. The number of aliphatic hydroxyl groups is 1. The Morgan fingerprint density at radius 2 is 2.23 bits per heavy atom. The Balaban J connectivity index is 1.69. The summed E-state index contributed by atoms with van der Waals surface area (Å²) in [6.45, 7) is 3.89. The van der Waals surface area contributed by atoms with Crippen LogP contribution in [0.2, 0.25) is 0 Å². The summed E-state index contributed by atoms with van der Waals surface area (Å²) >= 11 is 0. The Morgan fingerprint density at radius 3 is 2.82 bits per heavy atom. The molecular weight excluding hydrogens is 280 g/mol. The first kappa shape index (κ1) is 15.3. The molecular formula is C17H24N2O3. The van der Waals surface area contributed by atoms with Crippen LogP contribution in [-0.2, 0) is 10.2 Å². The van der Waals surface area contributed by atoms with Crippen molar-refractivity contribution in [3.05, 3.63) is 29.3 Å². The summed E-state index contributed by atoms with van der Waals surface area (Å²) in [5.41, 5.74) is 1.69. The number of hydrogen-bond donors (Lipinski definition) is 3. The molecule has 0 spiro atoms. The number of nitrogens with one attached hydrogen (secondary N) is 2. The van der Waals surface area contributed by atoms with Crippen LogP contribution in [0.3, 0.4) is 0 Å². The number of methoxy groups -OCH3 is 1. The predicted molar refractivity (Wildman–Crippen MR) is 84.0 cm³/mol. The number of aliphatic hydroxyl groups excluding tert-OH is 1. The standard InChI is InChI=1S/C17H24N2O3/c1-11-3-4-13(7-15(11)22-2)17(5-6-17)16(21)19-9-12-8-18-10-14(12)20/h3-4,7,12,14,18,20H,5-6,8-10H2,1-2H3,(H,19,21). The third-order valence-corrected chi connectivity index (χ3v) is 4.97. The molecule has 1 saturated heterocycles. The summed E-state index contributed by atoms with van der Waals surface area (Å²) in [7, 11) is 1.65. The van der Waals surface area contributed by atoms with Crippen molar-refractivity contribution in [3.63, 3.8) is 0 Å². The van der Waals surface area contributed by atoms with Crippen molar-refractivity contribution in [1.29, 1.82) is 0 Å². The van der Waals surface area contributed by atoms with Gasteiger partial charge in [-0.3, -0.25) is 4.79 Å². The van der Waals surface area contributed by atoms with E-state index in [2.05, 4.69) is 10.6 Å². The second-order valence-corrected chi connectivity index (χ2v) is 6.46. The summed E-state index contributed by atoms with van der Waals surface area (Å²) in [5.74, 6) is 0.997. The number of carbonyl (C=O) groups excluding carboxylic acids is 1. The molecule has 0 radical (unpaired) electrons. The molecule has 5 heteroatoms. The number of benzene rings is 1. The minimum atomic E-state index is -0.405. The van der Waals surface area contributed by atoms with Crippen LogP contribution in [0.1, 0.15) is 24.0 Å². The fourth-order valence-electron chi connectivity index (χ4n) is 3.21. The summed E-state index contributed by atoms with van der Waals surface area (Å²) in [6, 6.07) is 6.01. The van der Waals surface area contributed by atoms with E-state index in [4.69, 9.17) is 4.74 Å². The summed E-state index contributed by atoms with van der Waals surface area (Å²) in [6.07, 6.45) is 1.38. The smallest absolute Gasteiger partial charge is 0.230 e. The van der Waals surface area contributed by atoms with E-state index in [0.29, 0.717) is 13.1 Å². The SMILES string of the molecule is COc1cc(C2(C(=O)NCC3CNCC3O)CC2)ccc1C. The van der Waals surface area contributed by atoms with Crippen molar-refractivity contribution in [1.82, 2.24) is 10.6 Å².